The lowest BCUT2D eigenvalue weighted by molar-refractivity contribution is -0.159. The lowest BCUT2D eigenvalue weighted by Crippen LogP contribution is -2.21. The summed E-state index contributed by atoms with van der Waals surface area (Å²) in [5.41, 5.74) is 0. The first-order chi connectivity index (χ1) is 5.24. The zero-order chi connectivity index (χ0) is 8.27. The van der Waals surface area contributed by atoms with Gasteiger partial charge in [0.05, 0.1) is 6.61 Å². The summed E-state index contributed by atoms with van der Waals surface area (Å²) >= 11 is 0. The van der Waals surface area contributed by atoms with E-state index in [0.29, 0.717) is 19.4 Å². The van der Waals surface area contributed by atoms with Crippen molar-refractivity contribution in [3.8, 4) is 0 Å². The fourth-order valence-electron chi connectivity index (χ4n) is 0.826. The SMILES string of the molecule is CCC(=O)OC1CCOC1=O. The lowest BCUT2D eigenvalue weighted by Gasteiger charge is -2.05. The molecule has 62 valence electrons. The second-order valence-electron chi connectivity index (χ2n) is 2.29. The van der Waals surface area contributed by atoms with Gasteiger partial charge in [0.15, 0.2) is 0 Å². The molecule has 0 spiro atoms. The molecule has 0 aliphatic carbocycles. The zero-order valence-electron chi connectivity index (χ0n) is 6.33. The van der Waals surface area contributed by atoms with Crippen molar-refractivity contribution in [3.63, 3.8) is 0 Å². The highest BCUT2D eigenvalue weighted by molar-refractivity contribution is 5.80. The number of hydrogen-bond donors (Lipinski definition) is 0. The minimum Gasteiger partial charge on any atom is -0.463 e. The third kappa shape index (κ3) is 1.93. The van der Waals surface area contributed by atoms with Gasteiger partial charge in [-0.25, -0.2) is 4.79 Å². The molecule has 1 aliphatic heterocycles. The van der Waals surface area contributed by atoms with Crippen LogP contribution < -0.4 is 0 Å². The third-order valence-electron chi connectivity index (χ3n) is 1.45. The number of ether oxygens (including phenoxy) is 2. The minimum atomic E-state index is -0.651. The Morgan fingerprint density at radius 3 is 3.00 bits per heavy atom. The van der Waals surface area contributed by atoms with Crippen LogP contribution in [0.25, 0.3) is 0 Å². The molecule has 1 rings (SSSR count). The van der Waals surface area contributed by atoms with E-state index in [2.05, 4.69) is 4.74 Å². The molecule has 4 heteroatoms. The van der Waals surface area contributed by atoms with Gasteiger partial charge in [-0.15, -0.1) is 0 Å². The molecule has 1 saturated heterocycles. The van der Waals surface area contributed by atoms with Crippen molar-refractivity contribution in [3.05, 3.63) is 0 Å². The molecule has 4 nitrogen and oxygen atoms in total. The fourth-order valence-corrected chi connectivity index (χ4v) is 0.826. The minimum absolute atomic E-state index is 0.295. The molecule has 1 heterocycles. The third-order valence-corrected chi connectivity index (χ3v) is 1.45. The van der Waals surface area contributed by atoms with Crippen LogP contribution in [0.2, 0.25) is 0 Å². The van der Waals surface area contributed by atoms with Crippen LogP contribution in [0.1, 0.15) is 19.8 Å². The van der Waals surface area contributed by atoms with Gasteiger partial charge in [0, 0.05) is 12.8 Å². The molecule has 1 aliphatic rings. The molecule has 1 unspecified atom stereocenters. The van der Waals surface area contributed by atoms with Gasteiger partial charge in [-0.3, -0.25) is 4.79 Å². The molecule has 11 heavy (non-hydrogen) atoms. The Hall–Kier alpha value is -1.06. The molecule has 0 aromatic carbocycles. The van der Waals surface area contributed by atoms with Gasteiger partial charge in [-0.05, 0) is 0 Å². The molecule has 0 aromatic heterocycles. The van der Waals surface area contributed by atoms with Crippen molar-refractivity contribution in [1.82, 2.24) is 0 Å². The number of esters is 2. The van der Waals surface area contributed by atoms with Crippen LogP contribution in [-0.2, 0) is 19.1 Å². The van der Waals surface area contributed by atoms with E-state index in [4.69, 9.17) is 4.74 Å². The zero-order valence-corrected chi connectivity index (χ0v) is 6.33. The van der Waals surface area contributed by atoms with E-state index in [1.807, 2.05) is 0 Å². The van der Waals surface area contributed by atoms with Crippen molar-refractivity contribution in [2.75, 3.05) is 6.61 Å². The predicted octanol–water partition coefficient (Wildman–Crippen LogP) is 0.255. The molecule has 0 amide bonds. The maximum atomic E-state index is 10.7. The molecular weight excluding hydrogens is 148 g/mol. The van der Waals surface area contributed by atoms with Gasteiger partial charge in [-0.1, -0.05) is 6.92 Å². The van der Waals surface area contributed by atoms with Gasteiger partial charge in [-0.2, -0.15) is 0 Å². The van der Waals surface area contributed by atoms with Gasteiger partial charge in [0.2, 0.25) is 6.10 Å². The van der Waals surface area contributed by atoms with Crippen molar-refractivity contribution < 1.29 is 19.1 Å². The quantitative estimate of drug-likeness (QED) is 0.541. The van der Waals surface area contributed by atoms with Crippen molar-refractivity contribution in [1.29, 1.82) is 0 Å². The van der Waals surface area contributed by atoms with Crippen molar-refractivity contribution >= 4 is 11.9 Å². The highest BCUT2D eigenvalue weighted by atomic mass is 16.6. The molecular formula is C7H10O4. The Morgan fingerprint density at radius 2 is 2.55 bits per heavy atom. The van der Waals surface area contributed by atoms with E-state index in [1.54, 1.807) is 6.92 Å². The van der Waals surface area contributed by atoms with E-state index in [9.17, 15) is 9.59 Å². The highest BCUT2D eigenvalue weighted by Crippen LogP contribution is 2.10. The van der Waals surface area contributed by atoms with Gasteiger partial charge in [0.1, 0.15) is 0 Å². The summed E-state index contributed by atoms with van der Waals surface area (Å²) in [7, 11) is 0. The first-order valence-electron chi connectivity index (χ1n) is 3.60. The Kier molecular flexibility index (Phi) is 2.46. The van der Waals surface area contributed by atoms with E-state index >= 15 is 0 Å². The first kappa shape index (κ1) is 8.04. The summed E-state index contributed by atoms with van der Waals surface area (Å²) in [6.07, 6.45) is 0.136. The molecule has 0 aromatic rings. The Bertz CT molecular complexity index is 175. The molecule has 1 fully saturated rings. The van der Waals surface area contributed by atoms with Gasteiger partial charge < -0.3 is 9.47 Å². The summed E-state index contributed by atoms with van der Waals surface area (Å²) in [5, 5.41) is 0. The van der Waals surface area contributed by atoms with E-state index in [1.165, 1.54) is 0 Å². The van der Waals surface area contributed by atoms with Crippen LogP contribution in [0.5, 0.6) is 0 Å². The van der Waals surface area contributed by atoms with Crippen LogP contribution in [-0.4, -0.2) is 24.6 Å². The van der Waals surface area contributed by atoms with Crippen LogP contribution in [0.15, 0.2) is 0 Å². The van der Waals surface area contributed by atoms with Crippen molar-refractivity contribution in [2.45, 2.75) is 25.9 Å². The topological polar surface area (TPSA) is 52.6 Å². The maximum Gasteiger partial charge on any atom is 0.347 e. The van der Waals surface area contributed by atoms with Crippen LogP contribution in [0, 0.1) is 0 Å². The summed E-state index contributed by atoms with van der Waals surface area (Å²) in [6, 6.07) is 0. The molecule has 1 atom stereocenters. The normalized spacial score (nSPS) is 23.0. The summed E-state index contributed by atoms with van der Waals surface area (Å²) < 4.78 is 9.35. The molecule has 0 radical (unpaired) electrons. The summed E-state index contributed by atoms with van der Waals surface area (Å²) in [6.45, 7) is 2.04. The van der Waals surface area contributed by atoms with E-state index in [0.717, 1.165) is 0 Å². The number of carbonyl (C=O) groups is 2. The van der Waals surface area contributed by atoms with Crippen LogP contribution in [0.4, 0.5) is 0 Å². The summed E-state index contributed by atoms with van der Waals surface area (Å²) in [4.78, 5) is 21.4. The van der Waals surface area contributed by atoms with Crippen LogP contribution >= 0.6 is 0 Å². The number of hydrogen-bond acceptors (Lipinski definition) is 4. The van der Waals surface area contributed by atoms with E-state index in [-0.39, 0.29) is 5.97 Å². The summed E-state index contributed by atoms with van der Waals surface area (Å²) in [5.74, 6) is -0.777. The second-order valence-corrected chi connectivity index (χ2v) is 2.29. The highest BCUT2D eigenvalue weighted by Gasteiger charge is 2.29. The molecule has 0 N–H and O–H groups in total. The molecule has 0 saturated carbocycles. The largest absolute Gasteiger partial charge is 0.463 e. The van der Waals surface area contributed by atoms with Gasteiger partial charge >= 0.3 is 11.9 Å². The second kappa shape index (κ2) is 3.37. The van der Waals surface area contributed by atoms with E-state index < -0.39 is 12.1 Å². The number of rotatable bonds is 2. The first-order valence-corrected chi connectivity index (χ1v) is 3.60. The molecule has 0 bridgehead atoms. The Labute approximate surface area is 64.5 Å². The maximum absolute atomic E-state index is 10.7. The Balaban J connectivity index is 2.36. The number of cyclic esters (lactones) is 1. The number of carbonyl (C=O) groups excluding carboxylic acids is 2. The average molecular weight is 158 g/mol. The van der Waals surface area contributed by atoms with Gasteiger partial charge in [0.25, 0.3) is 0 Å². The standard InChI is InChI=1S/C7H10O4/c1-2-6(8)11-5-3-4-10-7(5)9/h5H,2-4H2,1H3. The van der Waals surface area contributed by atoms with Crippen molar-refractivity contribution in [2.24, 2.45) is 0 Å². The predicted molar refractivity (Wildman–Crippen MR) is 35.7 cm³/mol. The monoisotopic (exact) mass is 158 g/mol. The Morgan fingerprint density at radius 1 is 1.82 bits per heavy atom. The smallest absolute Gasteiger partial charge is 0.347 e. The average Bonchev–Trinajstić information content (AvgIpc) is 2.37. The van der Waals surface area contributed by atoms with Crippen LogP contribution in [0.3, 0.4) is 0 Å². The fraction of sp³-hybridized carbons (Fsp3) is 0.714. The lowest BCUT2D eigenvalue weighted by atomic mass is 10.3.